The van der Waals surface area contributed by atoms with Crippen molar-refractivity contribution in [3.05, 3.63) is 60.3 Å². The molecule has 2 saturated heterocycles. The third kappa shape index (κ3) is 3.90. The van der Waals surface area contributed by atoms with Gasteiger partial charge in [0.2, 0.25) is 5.88 Å². The molecule has 6 rings (SSSR count). The molecule has 0 N–H and O–H groups in total. The van der Waals surface area contributed by atoms with Gasteiger partial charge in [-0.25, -0.2) is 9.37 Å². The maximum absolute atomic E-state index is 13.6. The summed E-state index contributed by atoms with van der Waals surface area (Å²) in [5.41, 5.74) is 1.15. The van der Waals surface area contributed by atoms with Crippen molar-refractivity contribution in [3.63, 3.8) is 0 Å². The number of rotatable bonds is 6. The van der Waals surface area contributed by atoms with Crippen molar-refractivity contribution in [2.75, 3.05) is 20.3 Å². The average Bonchev–Trinajstić information content (AvgIpc) is 3.38. The second-order valence-corrected chi connectivity index (χ2v) is 8.27. The molecule has 3 unspecified atom stereocenters. The van der Waals surface area contributed by atoms with Crippen LogP contribution in [0, 0.1) is 17.7 Å². The van der Waals surface area contributed by atoms with Crippen molar-refractivity contribution in [3.8, 4) is 17.3 Å². The smallest absolute Gasteiger partial charge is 0.256 e. The van der Waals surface area contributed by atoms with Crippen LogP contribution in [-0.4, -0.2) is 57.1 Å². The van der Waals surface area contributed by atoms with E-state index in [4.69, 9.17) is 9.47 Å². The van der Waals surface area contributed by atoms with E-state index in [2.05, 4.69) is 15.2 Å². The molecule has 2 aliphatic heterocycles. The van der Waals surface area contributed by atoms with E-state index < -0.39 is 0 Å². The van der Waals surface area contributed by atoms with Gasteiger partial charge < -0.3 is 14.4 Å². The summed E-state index contributed by atoms with van der Waals surface area (Å²) in [7, 11) is 1.58. The van der Waals surface area contributed by atoms with Crippen molar-refractivity contribution in [2.24, 2.45) is 11.8 Å². The summed E-state index contributed by atoms with van der Waals surface area (Å²) in [6, 6.07) is 8.39. The number of methoxy groups -OCH3 is 1. The highest BCUT2D eigenvalue weighted by atomic mass is 19.1. The molecule has 3 aliphatic rings. The van der Waals surface area contributed by atoms with Crippen LogP contribution in [0.4, 0.5) is 4.39 Å². The van der Waals surface area contributed by atoms with Crippen molar-refractivity contribution < 1.29 is 18.7 Å². The Hall–Kier alpha value is -3.49. The fraction of sp³-hybridized carbons (Fsp3) is 0.391. The molecule has 166 valence electrons. The molecular formula is C23H24FN5O3. The summed E-state index contributed by atoms with van der Waals surface area (Å²) in [4.78, 5) is 21.0. The Morgan fingerprint density at radius 3 is 2.72 bits per heavy atom. The zero-order valence-electron chi connectivity index (χ0n) is 17.7. The largest absolute Gasteiger partial charge is 0.497 e. The second kappa shape index (κ2) is 8.57. The molecule has 3 aromatic rings. The number of hydrogen-bond acceptors (Lipinski definition) is 6. The Labute approximate surface area is 185 Å². The van der Waals surface area contributed by atoms with Crippen LogP contribution in [0.25, 0.3) is 5.69 Å². The minimum atomic E-state index is -0.384. The number of halogens is 1. The van der Waals surface area contributed by atoms with Gasteiger partial charge in [-0.05, 0) is 55.4 Å². The Bertz CT molecular complexity index is 1090. The monoisotopic (exact) mass is 437 g/mol. The number of piperidine rings is 2. The highest BCUT2D eigenvalue weighted by Gasteiger charge is 2.43. The zero-order valence-corrected chi connectivity index (χ0v) is 17.7. The van der Waals surface area contributed by atoms with Crippen molar-refractivity contribution >= 4 is 5.91 Å². The first-order valence-corrected chi connectivity index (χ1v) is 10.7. The molecule has 2 bridgehead atoms. The van der Waals surface area contributed by atoms with E-state index in [-0.39, 0.29) is 17.8 Å². The lowest BCUT2D eigenvalue weighted by Gasteiger charge is -2.49. The molecule has 1 amide bonds. The molecule has 1 saturated carbocycles. The molecule has 9 heteroatoms. The summed E-state index contributed by atoms with van der Waals surface area (Å²) in [5.74, 6) is 1.30. The summed E-state index contributed by atoms with van der Waals surface area (Å²) >= 11 is 0. The first-order chi connectivity index (χ1) is 15.6. The standard InChI is InChI=1S/C23H24FN5O3/c1-31-19-5-6-21(29-26-8-9-27-29)20(11-19)23(30)28-13-15-2-4-18(28)10-16(15)14-32-22-7-3-17(24)12-25-22/h3,5-9,11-12,15-16,18H,2,4,10,13-14H2,1H3. The molecule has 4 heterocycles. The predicted octanol–water partition coefficient (Wildman–Crippen LogP) is 3.13. The minimum Gasteiger partial charge on any atom is -0.497 e. The lowest BCUT2D eigenvalue weighted by molar-refractivity contribution is -0.00476. The summed E-state index contributed by atoms with van der Waals surface area (Å²) < 4.78 is 24.2. The fourth-order valence-corrected chi connectivity index (χ4v) is 4.80. The number of carbonyl (C=O) groups excluding carboxylic acids is 1. The normalized spacial score (nSPS) is 22.1. The highest BCUT2D eigenvalue weighted by molar-refractivity contribution is 5.98. The number of pyridine rings is 1. The van der Waals surface area contributed by atoms with Gasteiger partial charge in [0.1, 0.15) is 11.6 Å². The number of aromatic nitrogens is 4. The van der Waals surface area contributed by atoms with E-state index >= 15 is 0 Å². The van der Waals surface area contributed by atoms with Gasteiger partial charge in [0.05, 0.1) is 43.6 Å². The average molecular weight is 437 g/mol. The van der Waals surface area contributed by atoms with Crippen LogP contribution in [0.3, 0.4) is 0 Å². The van der Waals surface area contributed by atoms with Gasteiger partial charge in [-0.2, -0.15) is 15.0 Å². The number of fused-ring (bicyclic) bond motifs is 3. The number of hydrogen-bond donors (Lipinski definition) is 0. The number of benzene rings is 1. The van der Waals surface area contributed by atoms with Crippen LogP contribution < -0.4 is 9.47 Å². The van der Waals surface area contributed by atoms with Crippen LogP contribution >= 0.6 is 0 Å². The number of ether oxygens (including phenoxy) is 2. The lowest BCUT2D eigenvalue weighted by atomic mass is 9.72. The number of amides is 1. The van der Waals surface area contributed by atoms with Crippen molar-refractivity contribution in [1.29, 1.82) is 0 Å². The van der Waals surface area contributed by atoms with E-state index in [1.54, 1.807) is 43.8 Å². The van der Waals surface area contributed by atoms with Crippen LogP contribution in [0.5, 0.6) is 11.6 Å². The third-order valence-electron chi connectivity index (χ3n) is 6.46. The minimum absolute atomic E-state index is 0.0366. The maximum atomic E-state index is 13.6. The summed E-state index contributed by atoms with van der Waals surface area (Å²) in [6.07, 6.45) is 7.23. The van der Waals surface area contributed by atoms with Crippen LogP contribution in [-0.2, 0) is 0 Å². The van der Waals surface area contributed by atoms with Gasteiger partial charge in [0.25, 0.3) is 5.91 Å². The van der Waals surface area contributed by atoms with E-state index in [9.17, 15) is 9.18 Å². The van der Waals surface area contributed by atoms with E-state index in [1.165, 1.54) is 10.9 Å². The molecule has 2 aromatic heterocycles. The molecule has 0 spiro atoms. The van der Waals surface area contributed by atoms with Crippen LogP contribution in [0.1, 0.15) is 29.6 Å². The molecule has 3 fully saturated rings. The molecule has 1 aliphatic carbocycles. The Morgan fingerprint density at radius 1 is 1.19 bits per heavy atom. The second-order valence-electron chi connectivity index (χ2n) is 8.27. The predicted molar refractivity (Wildman–Crippen MR) is 113 cm³/mol. The van der Waals surface area contributed by atoms with Crippen molar-refractivity contribution in [1.82, 2.24) is 24.9 Å². The Morgan fingerprint density at radius 2 is 2.03 bits per heavy atom. The first kappa shape index (κ1) is 20.4. The lowest BCUT2D eigenvalue weighted by Crippen LogP contribution is -2.55. The molecule has 0 radical (unpaired) electrons. The van der Waals surface area contributed by atoms with Gasteiger partial charge in [-0.15, -0.1) is 0 Å². The Kier molecular flexibility index (Phi) is 5.46. The molecule has 1 aromatic carbocycles. The topological polar surface area (TPSA) is 82.4 Å². The van der Waals surface area contributed by atoms with Gasteiger partial charge in [-0.1, -0.05) is 0 Å². The van der Waals surface area contributed by atoms with Gasteiger partial charge >= 0.3 is 0 Å². The highest BCUT2D eigenvalue weighted by Crippen LogP contribution is 2.40. The molecule has 32 heavy (non-hydrogen) atoms. The third-order valence-corrected chi connectivity index (χ3v) is 6.46. The van der Waals surface area contributed by atoms with Gasteiger partial charge in [0, 0.05) is 18.7 Å². The van der Waals surface area contributed by atoms with E-state index in [0.717, 1.165) is 25.5 Å². The fourth-order valence-electron chi connectivity index (χ4n) is 4.80. The van der Waals surface area contributed by atoms with Crippen molar-refractivity contribution in [2.45, 2.75) is 25.3 Å². The number of nitrogens with zero attached hydrogens (tertiary/aromatic N) is 5. The number of carbonyl (C=O) groups is 1. The van der Waals surface area contributed by atoms with Gasteiger partial charge in [0.15, 0.2) is 0 Å². The summed E-state index contributed by atoms with van der Waals surface area (Å²) in [5, 5.41) is 8.39. The zero-order chi connectivity index (χ0) is 22.1. The van der Waals surface area contributed by atoms with E-state index in [0.29, 0.717) is 47.9 Å². The van der Waals surface area contributed by atoms with Crippen LogP contribution in [0.15, 0.2) is 48.9 Å². The molecule has 8 nitrogen and oxygen atoms in total. The molecular weight excluding hydrogens is 413 g/mol. The molecule has 3 atom stereocenters. The first-order valence-electron chi connectivity index (χ1n) is 10.7. The Balaban J connectivity index is 1.32. The quantitative estimate of drug-likeness (QED) is 0.589. The van der Waals surface area contributed by atoms with E-state index in [1.807, 2.05) is 4.90 Å². The van der Waals surface area contributed by atoms with Gasteiger partial charge in [-0.3, -0.25) is 4.79 Å². The maximum Gasteiger partial charge on any atom is 0.256 e. The summed E-state index contributed by atoms with van der Waals surface area (Å²) in [6.45, 7) is 1.20. The van der Waals surface area contributed by atoms with Crippen LogP contribution in [0.2, 0.25) is 0 Å². The SMILES string of the molecule is COc1ccc(-n2nccn2)c(C(=O)N2CC3CCC2CC3COc2ccc(F)cn2)c1.